The lowest BCUT2D eigenvalue weighted by Crippen LogP contribution is -2.50. The summed E-state index contributed by atoms with van der Waals surface area (Å²) in [5, 5.41) is 14.6. The van der Waals surface area contributed by atoms with Crippen LogP contribution in [0.3, 0.4) is 0 Å². The first-order valence-corrected chi connectivity index (χ1v) is 6.33. The molecule has 3 unspecified atom stereocenters. The van der Waals surface area contributed by atoms with Gasteiger partial charge in [-0.15, -0.1) is 0 Å². The van der Waals surface area contributed by atoms with Crippen molar-refractivity contribution in [1.29, 1.82) is 0 Å². The van der Waals surface area contributed by atoms with Gasteiger partial charge in [-0.1, -0.05) is 20.8 Å². The van der Waals surface area contributed by atoms with E-state index < -0.39 is 17.6 Å². The summed E-state index contributed by atoms with van der Waals surface area (Å²) in [6.07, 6.45) is 0.0332. The van der Waals surface area contributed by atoms with Gasteiger partial charge < -0.3 is 15.7 Å². The molecule has 18 heavy (non-hydrogen) atoms. The summed E-state index contributed by atoms with van der Waals surface area (Å²) in [6.45, 7) is 10.5. The van der Waals surface area contributed by atoms with E-state index in [2.05, 4.69) is 10.6 Å². The average molecular weight is 258 g/mol. The van der Waals surface area contributed by atoms with E-state index in [-0.39, 0.29) is 17.9 Å². The SMILES string of the molecule is CC(O)CC(C)NC(=O)C(C)NC(=O)C(C)(C)C. The van der Waals surface area contributed by atoms with Gasteiger partial charge in [0.05, 0.1) is 6.10 Å². The number of amides is 2. The van der Waals surface area contributed by atoms with Gasteiger partial charge in [0, 0.05) is 11.5 Å². The van der Waals surface area contributed by atoms with Gasteiger partial charge in [-0.25, -0.2) is 0 Å². The molecular weight excluding hydrogens is 232 g/mol. The van der Waals surface area contributed by atoms with Crippen LogP contribution >= 0.6 is 0 Å². The number of carbonyl (C=O) groups excluding carboxylic acids is 2. The lowest BCUT2D eigenvalue weighted by atomic mass is 9.95. The van der Waals surface area contributed by atoms with Crippen LogP contribution in [-0.2, 0) is 9.59 Å². The minimum absolute atomic E-state index is 0.119. The maximum Gasteiger partial charge on any atom is 0.242 e. The Kier molecular flexibility index (Phi) is 6.32. The standard InChI is InChI=1S/C13H26N2O3/c1-8(7-9(2)16)14-11(17)10(3)15-12(18)13(4,5)6/h8-10,16H,7H2,1-6H3,(H,14,17)(H,15,18). The normalized spacial score (nSPS) is 16.6. The van der Waals surface area contributed by atoms with Crippen LogP contribution in [-0.4, -0.2) is 35.1 Å². The molecule has 0 aromatic carbocycles. The summed E-state index contributed by atoms with van der Waals surface area (Å²) >= 11 is 0. The first-order valence-electron chi connectivity index (χ1n) is 6.33. The molecular formula is C13H26N2O3. The highest BCUT2D eigenvalue weighted by Gasteiger charge is 2.25. The van der Waals surface area contributed by atoms with E-state index in [1.54, 1.807) is 34.6 Å². The molecule has 3 N–H and O–H groups in total. The Balaban J connectivity index is 4.23. The van der Waals surface area contributed by atoms with Crippen LogP contribution in [0.25, 0.3) is 0 Å². The van der Waals surface area contributed by atoms with Crippen molar-refractivity contribution < 1.29 is 14.7 Å². The zero-order valence-electron chi connectivity index (χ0n) is 12.2. The quantitative estimate of drug-likeness (QED) is 0.683. The Bertz CT molecular complexity index is 295. The molecule has 2 amide bonds. The van der Waals surface area contributed by atoms with Crippen molar-refractivity contribution >= 4 is 11.8 Å². The molecule has 106 valence electrons. The average Bonchev–Trinajstić information content (AvgIpc) is 2.14. The first kappa shape index (κ1) is 16.9. The van der Waals surface area contributed by atoms with Crippen LogP contribution < -0.4 is 10.6 Å². The molecule has 0 saturated heterocycles. The summed E-state index contributed by atoms with van der Waals surface area (Å²) in [5.41, 5.74) is -0.514. The lowest BCUT2D eigenvalue weighted by molar-refractivity contribution is -0.133. The van der Waals surface area contributed by atoms with Gasteiger partial charge in [0.25, 0.3) is 0 Å². The zero-order valence-corrected chi connectivity index (χ0v) is 12.2. The minimum atomic E-state index is -0.576. The predicted molar refractivity (Wildman–Crippen MR) is 71.0 cm³/mol. The van der Waals surface area contributed by atoms with Crippen LogP contribution in [0.1, 0.15) is 48.0 Å². The van der Waals surface area contributed by atoms with E-state index in [1.807, 2.05) is 6.92 Å². The molecule has 0 aliphatic carbocycles. The highest BCUT2D eigenvalue weighted by Crippen LogP contribution is 2.12. The Morgan fingerprint density at radius 1 is 1.11 bits per heavy atom. The second-order valence-corrected chi connectivity index (χ2v) is 5.94. The molecule has 5 nitrogen and oxygen atoms in total. The first-order chi connectivity index (χ1) is 8.04. The topological polar surface area (TPSA) is 78.4 Å². The minimum Gasteiger partial charge on any atom is -0.393 e. The number of aliphatic hydroxyl groups is 1. The molecule has 0 aliphatic heterocycles. The van der Waals surface area contributed by atoms with E-state index >= 15 is 0 Å². The molecule has 5 heteroatoms. The Morgan fingerprint density at radius 2 is 1.61 bits per heavy atom. The number of aliphatic hydroxyl groups excluding tert-OH is 1. The molecule has 0 fully saturated rings. The molecule has 0 aromatic rings. The predicted octanol–water partition coefficient (Wildman–Crippen LogP) is 0.813. The van der Waals surface area contributed by atoms with Crippen molar-refractivity contribution in [3.63, 3.8) is 0 Å². The molecule has 3 atom stereocenters. The van der Waals surface area contributed by atoms with Crippen LogP contribution in [0.2, 0.25) is 0 Å². The molecule has 0 aliphatic rings. The fourth-order valence-electron chi connectivity index (χ4n) is 1.42. The van der Waals surface area contributed by atoms with Gasteiger partial charge in [0.2, 0.25) is 11.8 Å². The number of carbonyl (C=O) groups is 2. The van der Waals surface area contributed by atoms with Crippen LogP contribution in [0.15, 0.2) is 0 Å². The highest BCUT2D eigenvalue weighted by molar-refractivity contribution is 5.89. The Labute approximate surface area is 109 Å². The third kappa shape index (κ3) is 6.59. The van der Waals surface area contributed by atoms with Crippen LogP contribution in [0, 0.1) is 5.41 Å². The third-order valence-corrected chi connectivity index (χ3v) is 2.51. The Hall–Kier alpha value is -1.10. The van der Waals surface area contributed by atoms with Crippen molar-refractivity contribution in [3.8, 4) is 0 Å². The lowest BCUT2D eigenvalue weighted by Gasteiger charge is -2.23. The van der Waals surface area contributed by atoms with Crippen molar-refractivity contribution in [2.24, 2.45) is 5.41 Å². The third-order valence-electron chi connectivity index (χ3n) is 2.51. The largest absolute Gasteiger partial charge is 0.393 e. The number of hydrogen-bond donors (Lipinski definition) is 3. The highest BCUT2D eigenvalue weighted by atomic mass is 16.3. The zero-order chi connectivity index (χ0) is 14.5. The number of nitrogens with one attached hydrogen (secondary N) is 2. The van der Waals surface area contributed by atoms with Crippen LogP contribution in [0.5, 0.6) is 0 Å². The molecule has 0 bridgehead atoms. The molecule has 0 saturated carbocycles. The van der Waals surface area contributed by atoms with Gasteiger partial charge in [-0.3, -0.25) is 9.59 Å². The van der Waals surface area contributed by atoms with E-state index in [0.29, 0.717) is 6.42 Å². The van der Waals surface area contributed by atoms with Crippen LogP contribution in [0.4, 0.5) is 0 Å². The fraction of sp³-hybridized carbons (Fsp3) is 0.846. The summed E-state index contributed by atoms with van der Waals surface area (Å²) in [4.78, 5) is 23.5. The van der Waals surface area contributed by atoms with Crippen molar-refractivity contribution in [2.75, 3.05) is 0 Å². The van der Waals surface area contributed by atoms with Gasteiger partial charge in [-0.05, 0) is 27.2 Å². The number of rotatable bonds is 5. The summed E-state index contributed by atoms with van der Waals surface area (Å²) in [6, 6.07) is -0.695. The second-order valence-electron chi connectivity index (χ2n) is 5.94. The summed E-state index contributed by atoms with van der Waals surface area (Å²) in [5.74, 6) is -0.394. The van der Waals surface area contributed by atoms with E-state index in [4.69, 9.17) is 0 Å². The van der Waals surface area contributed by atoms with Crippen molar-refractivity contribution in [1.82, 2.24) is 10.6 Å². The van der Waals surface area contributed by atoms with E-state index in [9.17, 15) is 14.7 Å². The maximum atomic E-state index is 11.8. The van der Waals surface area contributed by atoms with Gasteiger partial charge >= 0.3 is 0 Å². The van der Waals surface area contributed by atoms with Gasteiger partial charge in [0.1, 0.15) is 6.04 Å². The van der Waals surface area contributed by atoms with Gasteiger partial charge in [-0.2, -0.15) is 0 Å². The molecule has 0 rings (SSSR count). The smallest absolute Gasteiger partial charge is 0.242 e. The number of hydrogen-bond acceptors (Lipinski definition) is 3. The summed E-state index contributed by atoms with van der Waals surface area (Å²) in [7, 11) is 0. The molecule has 0 aromatic heterocycles. The van der Waals surface area contributed by atoms with Crippen molar-refractivity contribution in [2.45, 2.75) is 66.2 Å². The Morgan fingerprint density at radius 3 is 2.00 bits per heavy atom. The second kappa shape index (κ2) is 6.73. The maximum absolute atomic E-state index is 11.8. The van der Waals surface area contributed by atoms with Crippen molar-refractivity contribution in [3.05, 3.63) is 0 Å². The van der Waals surface area contributed by atoms with E-state index in [1.165, 1.54) is 0 Å². The molecule has 0 spiro atoms. The monoisotopic (exact) mass is 258 g/mol. The summed E-state index contributed by atoms with van der Waals surface area (Å²) < 4.78 is 0. The van der Waals surface area contributed by atoms with E-state index in [0.717, 1.165) is 0 Å². The molecule has 0 heterocycles. The fourth-order valence-corrected chi connectivity index (χ4v) is 1.42. The molecule has 0 radical (unpaired) electrons. The van der Waals surface area contributed by atoms with Gasteiger partial charge in [0.15, 0.2) is 0 Å².